The third-order valence-electron chi connectivity index (χ3n) is 4.18. The summed E-state index contributed by atoms with van der Waals surface area (Å²) >= 11 is 0. The molecular weight excluding hydrogens is 354 g/mol. The highest BCUT2D eigenvalue weighted by molar-refractivity contribution is 5.97. The van der Waals surface area contributed by atoms with Gasteiger partial charge in [0.2, 0.25) is 11.8 Å². The van der Waals surface area contributed by atoms with Crippen molar-refractivity contribution in [2.75, 3.05) is 5.32 Å². The summed E-state index contributed by atoms with van der Waals surface area (Å²) in [6.07, 6.45) is 1.26. The van der Waals surface area contributed by atoms with Crippen molar-refractivity contribution in [3.8, 4) is 0 Å². The van der Waals surface area contributed by atoms with Crippen molar-refractivity contribution in [3.63, 3.8) is 0 Å². The topological polar surface area (TPSA) is 87.3 Å². The summed E-state index contributed by atoms with van der Waals surface area (Å²) in [5.41, 5.74) is 3.07. The minimum atomic E-state index is -0.666. The van der Waals surface area contributed by atoms with E-state index >= 15 is 0 Å². The molecule has 0 spiro atoms. The monoisotopic (exact) mass is 381 g/mol. The van der Waals surface area contributed by atoms with Crippen molar-refractivity contribution >= 4 is 23.4 Å². The van der Waals surface area contributed by atoms with Gasteiger partial charge in [-0.3, -0.25) is 14.4 Å². The molecule has 0 aromatic heterocycles. The second kappa shape index (κ2) is 10.3. The third kappa shape index (κ3) is 6.54. The fraction of sp³-hybridized carbons (Fsp3) is 0.318. The van der Waals surface area contributed by atoms with Gasteiger partial charge in [-0.05, 0) is 50.1 Å². The standard InChI is InChI=1S/C22H27N3O3/c1-4-7-20(26)25-19-11-6-9-17(13-19)14-23-21(27)16(3)24-22(28)18-10-5-8-15(2)12-18/h5-6,8-13,16H,4,7,14H2,1-3H3,(H,23,27)(H,24,28)(H,25,26). The molecule has 0 radical (unpaired) electrons. The molecule has 28 heavy (non-hydrogen) atoms. The van der Waals surface area contributed by atoms with Gasteiger partial charge < -0.3 is 16.0 Å². The fourth-order valence-corrected chi connectivity index (χ4v) is 2.68. The maximum Gasteiger partial charge on any atom is 0.251 e. The molecule has 0 fully saturated rings. The zero-order valence-electron chi connectivity index (χ0n) is 16.5. The average Bonchev–Trinajstić information content (AvgIpc) is 2.66. The van der Waals surface area contributed by atoms with E-state index in [1.165, 1.54) is 0 Å². The minimum Gasteiger partial charge on any atom is -0.350 e. The number of anilines is 1. The van der Waals surface area contributed by atoms with Crippen LogP contribution < -0.4 is 16.0 Å². The van der Waals surface area contributed by atoms with Crippen LogP contribution in [-0.4, -0.2) is 23.8 Å². The summed E-state index contributed by atoms with van der Waals surface area (Å²) in [5, 5.41) is 8.34. The van der Waals surface area contributed by atoms with Gasteiger partial charge in [0.1, 0.15) is 6.04 Å². The maximum absolute atomic E-state index is 12.3. The second-order valence-electron chi connectivity index (χ2n) is 6.78. The lowest BCUT2D eigenvalue weighted by Crippen LogP contribution is -2.44. The summed E-state index contributed by atoms with van der Waals surface area (Å²) < 4.78 is 0. The van der Waals surface area contributed by atoms with Crippen LogP contribution in [0.4, 0.5) is 5.69 Å². The first kappa shape index (κ1) is 21.2. The number of hydrogen-bond acceptors (Lipinski definition) is 3. The summed E-state index contributed by atoms with van der Waals surface area (Å²) in [5.74, 6) is -0.593. The summed E-state index contributed by atoms with van der Waals surface area (Å²) in [6.45, 7) is 5.81. The normalized spacial score (nSPS) is 11.4. The van der Waals surface area contributed by atoms with Gasteiger partial charge in [0.15, 0.2) is 0 Å². The lowest BCUT2D eigenvalue weighted by molar-refractivity contribution is -0.122. The van der Waals surface area contributed by atoms with Gasteiger partial charge in [-0.25, -0.2) is 0 Å². The molecular formula is C22H27N3O3. The van der Waals surface area contributed by atoms with Gasteiger partial charge in [0, 0.05) is 24.2 Å². The molecule has 1 atom stereocenters. The molecule has 0 aliphatic heterocycles. The van der Waals surface area contributed by atoms with E-state index in [4.69, 9.17) is 0 Å². The maximum atomic E-state index is 12.3. The quantitative estimate of drug-likeness (QED) is 0.656. The molecule has 2 aromatic carbocycles. The minimum absolute atomic E-state index is 0.0313. The Morgan fingerprint density at radius 2 is 1.79 bits per heavy atom. The van der Waals surface area contributed by atoms with Gasteiger partial charge in [-0.1, -0.05) is 36.8 Å². The molecule has 6 heteroatoms. The molecule has 2 rings (SSSR count). The van der Waals surface area contributed by atoms with E-state index in [1.807, 2.05) is 44.2 Å². The van der Waals surface area contributed by atoms with Crippen molar-refractivity contribution in [2.24, 2.45) is 0 Å². The first-order chi connectivity index (χ1) is 13.4. The van der Waals surface area contributed by atoms with E-state index in [0.717, 1.165) is 17.5 Å². The Labute approximate surface area is 165 Å². The lowest BCUT2D eigenvalue weighted by Gasteiger charge is -2.15. The van der Waals surface area contributed by atoms with Gasteiger partial charge in [0.25, 0.3) is 5.91 Å². The Morgan fingerprint density at radius 3 is 2.50 bits per heavy atom. The first-order valence-corrected chi connectivity index (χ1v) is 9.43. The van der Waals surface area contributed by atoms with Crippen LogP contribution in [-0.2, 0) is 16.1 Å². The number of amides is 3. The molecule has 3 N–H and O–H groups in total. The fourth-order valence-electron chi connectivity index (χ4n) is 2.68. The van der Waals surface area contributed by atoms with Gasteiger partial charge >= 0.3 is 0 Å². The Hall–Kier alpha value is -3.15. The number of rotatable bonds is 8. The van der Waals surface area contributed by atoms with E-state index in [0.29, 0.717) is 24.2 Å². The average molecular weight is 381 g/mol. The van der Waals surface area contributed by atoms with Crippen LogP contribution >= 0.6 is 0 Å². The SMILES string of the molecule is CCCC(=O)Nc1cccc(CNC(=O)C(C)NC(=O)c2cccc(C)c2)c1. The molecule has 0 heterocycles. The van der Waals surface area contributed by atoms with E-state index in [-0.39, 0.29) is 17.7 Å². The van der Waals surface area contributed by atoms with Crippen LogP contribution in [0.25, 0.3) is 0 Å². The molecule has 1 unspecified atom stereocenters. The van der Waals surface area contributed by atoms with Crippen LogP contribution in [0.15, 0.2) is 48.5 Å². The smallest absolute Gasteiger partial charge is 0.251 e. The first-order valence-electron chi connectivity index (χ1n) is 9.43. The van der Waals surface area contributed by atoms with Crippen molar-refractivity contribution in [1.82, 2.24) is 10.6 Å². The van der Waals surface area contributed by atoms with Gasteiger partial charge in [-0.15, -0.1) is 0 Å². The van der Waals surface area contributed by atoms with Crippen molar-refractivity contribution in [3.05, 3.63) is 65.2 Å². The van der Waals surface area contributed by atoms with Crippen LogP contribution in [0.3, 0.4) is 0 Å². The highest BCUT2D eigenvalue weighted by Crippen LogP contribution is 2.11. The highest BCUT2D eigenvalue weighted by Gasteiger charge is 2.16. The van der Waals surface area contributed by atoms with Gasteiger partial charge in [-0.2, -0.15) is 0 Å². The number of carbonyl (C=O) groups is 3. The number of nitrogens with one attached hydrogen (secondary N) is 3. The Bertz CT molecular complexity index is 848. The third-order valence-corrected chi connectivity index (χ3v) is 4.18. The van der Waals surface area contributed by atoms with Crippen LogP contribution in [0.2, 0.25) is 0 Å². The molecule has 148 valence electrons. The molecule has 2 aromatic rings. The summed E-state index contributed by atoms with van der Waals surface area (Å²) in [6, 6.07) is 13.9. The van der Waals surface area contributed by atoms with Crippen molar-refractivity contribution in [2.45, 2.75) is 46.2 Å². The second-order valence-corrected chi connectivity index (χ2v) is 6.78. The molecule has 0 aliphatic carbocycles. The summed E-state index contributed by atoms with van der Waals surface area (Å²) in [4.78, 5) is 36.3. The van der Waals surface area contributed by atoms with Gasteiger partial charge in [0.05, 0.1) is 0 Å². The van der Waals surface area contributed by atoms with Crippen molar-refractivity contribution in [1.29, 1.82) is 0 Å². The number of benzene rings is 2. The number of hydrogen-bond donors (Lipinski definition) is 3. The molecule has 0 saturated carbocycles. The van der Waals surface area contributed by atoms with Crippen LogP contribution in [0.1, 0.15) is 48.2 Å². The van der Waals surface area contributed by atoms with E-state index in [1.54, 1.807) is 25.1 Å². The van der Waals surface area contributed by atoms with E-state index < -0.39 is 6.04 Å². The van der Waals surface area contributed by atoms with E-state index in [2.05, 4.69) is 16.0 Å². The Balaban J connectivity index is 1.87. The number of aryl methyl sites for hydroxylation is 1. The van der Waals surface area contributed by atoms with Crippen molar-refractivity contribution < 1.29 is 14.4 Å². The van der Waals surface area contributed by atoms with Crippen LogP contribution in [0.5, 0.6) is 0 Å². The highest BCUT2D eigenvalue weighted by atomic mass is 16.2. The predicted molar refractivity (Wildman–Crippen MR) is 110 cm³/mol. The van der Waals surface area contributed by atoms with E-state index in [9.17, 15) is 14.4 Å². The predicted octanol–water partition coefficient (Wildman–Crippen LogP) is 3.17. The summed E-state index contributed by atoms with van der Waals surface area (Å²) in [7, 11) is 0. The largest absolute Gasteiger partial charge is 0.350 e. The number of carbonyl (C=O) groups excluding carboxylic acids is 3. The Kier molecular flexibility index (Phi) is 7.75. The van der Waals surface area contributed by atoms with Crippen LogP contribution in [0, 0.1) is 6.92 Å². The molecule has 0 bridgehead atoms. The molecule has 0 saturated heterocycles. The lowest BCUT2D eigenvalue weighted by atomic mass is 10.1. The zero-order valence-corrected chi connectivity index (χ0v) is 16.5. The zero-order chi connectivity index (χ0) is 20.5. The molecule has 3 amide bonds. The molecule has 6 nitrogen and oxygen atoms in total. The molecule has 0 aliphatic rings. The Morgan fingerprint density at radius 1 is 1.04 bits per heavy atom.